The molecule has 0 unspecified atom stereocenters. The zero-order chi connectivity index (χ0) is 12.4. The van der Waals surface area contributed by atoms with E-state index in [1.165, 1.54) is 3.57 Å². The second kappa shape index (κ2) is 4.89. The van der Waals surface area contributed by atoms with Crippen molar-refractivity contribution in [3.05, 3.63) is 64.4 Å². The summed E-state index contributed by atoms with van der Waals surface area (Å²) in [5, 5.41) is 8.17. The molecule has 0 amide bonds. The van der Waals surface area contributed by atoms with E-state index in [1.807, 2.05) is 35.0 Å². The predicted molar refractivity (Wildman–Crippen MR) is 79.5 cm³/mol. The molecular weight excluding hydrogens is 337 g/mol. The molecule has 3 rings (SSSR count). The Bertz CT molecular complexity index is 644. The Morgan fingerprint density at radius 2 is 1.61 bits per heavy atom. The van der Waals surface area contributed by atoms with Crippen LogP contribution in [0.25, 0.3) is 16.9 Å². The van der Waals surface area contributed by atoms with Crippen LogP contribution in [0.4, 0.5) is 0 Å². The number of hydrogen-bond donors (Lipinski definition) is 0. The smallest absolute Gasteiger partial charge is 0.0944 e. The predicted octanol–water partition coefficient (Wildman–Crippen LogP) is 3.54. The van der Waals surface area contributed by atoms with E-state index < -0.39 is 0 Å². The Morgan fingerprint density at radius 1 is 0.889 bits per heavy atom. The molecule has 0 spiro atoms. The van der Waals surface area contributed by atoms with Gasteiger partial charge in [0.2, 0.25) is 0 Å². The summed E-state index contributed by atoms with van der Waals surface area (Å²) in [5.41, 5.74) is 3.13. The van der Waals surface area contributed by atoms with Gasteiger partial charge in [-0.25, -0.2) is 4.68 Å². The van der Waals surface area contributed by atoms with Gasteiger partial charge in [-0.2, -0.15) is 0 Å². The summed E-state index contributed by atoms with van der Waals surface area (Å²) in [6.07, 6.45) is 1.79. The lowest BCUT2D eigenvalue weighted by atomic mass is 10.1. The number of rotatable bonds is 2. The normalized spacial score (nSPS) is 10.5. The largest absolute Gasteiger partial charge is 0.213 e. The summed E-state index contributed by atoms with van der Waals surface area (Å²) in [6.45, 7) is 0. The van der Waals surface area contributed by atoms with E-state index in [0.717, 1.165) is 16.9 Å². The van der Waals surface area contributed by atoms with Crippen LogP contribution in [0, 0.1) is 3.57 Å². The maximum Gasteiger partial charge on any atom is 0.0944 e. The molecule has 0 saturated heterocycles. The van der Waals surface area contributed by atoms with Gasteiger partial charge in [-0.15, -0.1) is 5.10 Å². The van der Waals surface area contributed by atoms with Crippen LogP contribution in [0.1, 0.15) is 0 Å². The Morgan fingerprint density at radius 3 is 2.33 bits per heavy atom. The van der Waals surface area contributed by atoms with Gasteiger partial charge in [0.1, 0.15) is 0 Å². The topological polar surface area (TPSA) is 30.7 Å². The SMILES string of the molecule is Ic1ccc(-n2nncc2-c2ccccc2)cc1. The zero-order valence-electron chi connectivity index (χ0n) is 9.49. The van der Waals surface area contributed by atoms with Crippen molar-refractivity contribution in [2.45, 2.75) is 0 Å². The third-order valence-corrected chi connectivity index (χ3v) is 3.41. The number of aromatic nitrogens is 3. The lowest BCUT2D eigenvalue weighted by Crippen LogP contribution is -1.99. The Hall–Kier alpha value is -1.69. The Labute approximate surface area is 119 Å². The van der Waals surface area contributed by atoms with E-state index in [0.29, 0.717) is 0 Å². The second-order valence-corrected chi connectivity index (χ2v) is 5.12. The highest BCUT2D eigenvalue weighted by molar-refractivity contribution is 14.1. The molecule has 0 aliphatic heterocycles. The molecule has 1 aromatic heterocycles. The standard InChI is InChI=1S/C14H10IN3/c15-12-6-8-13(9-7-12)18-14(10-16-17-18)11-4-2-1-3-5-11/h1-10H. The summed E-state index contributed by atoms with van der Waals surface area (Å²) in [5.74, 6) is 0. The molecule has 88 valence electrons. The number of hydrogen-bond acceptors (Lipinski definition) is 2. The molecule has 3 aromatic rings. The van der Waals surface area contributed by atoms with E-state index in [2.05, 4.69) is 57.2 Å². The first-order chi connectivity index (χ1) is 8.84. The number of nitrogens with zero attached hydrogens (tertiary/aromatic N) is 3. The van der Waals surface area contributed by atoms with E-state index in [1.54, 1.807) is 6.20 Å². The van der Waals surface area contributed by atoms with Crippen molar-refractivity contribution in [1.82, 2.24) is 15.0 Å². The van der Waals surface area contributed by atoms with E-state index in [4.69, 9.17) is 0 Å². The summed E-state index contributed by atoms with van der Waals surface area (Å²) >= 11 is 2.29. The van der Waals surface area contributed by atoms with Crippen LogP contribution in [0.15, 0.2) is 60.8 Å². The van der Waals surface area contributed by atoms with Crippen LogP contribution in [0.5, 0.6) is 0 Å². The van der Waals surface area contributed by atoms with Gasteiger partial charge in [0.25, 0.3) is 0 Å². The van der Waals surface area contributed by atoms with E-state index >= 15 is 0 Å². The molecule has 0 radical (unpaired) electrons. The Balaban J connectivity index is 2.10. The van der Waals surface area contributed by atoms with Gasteiger partial charge in [0, 0.05) is 9.13 Å². The molecule has 0 saturated carbocycles. The molecule has 0 aliphatic carbocycles. The third kappa shape index (κ3) is 2.15. The fraction of sp³-hybridized carbons (Fsp3) is 0. The van der Waals surface area contributed by atoms with Crippen LogP contribution in [-0.4, -0.2) is 15.0 Å². The van der Waals surface area contributed by atoms with Crippen molar-refractivity contribution in [3.63, 3.8) is 0 Å². The molecule has 1 heterocycles. The maximum absolute atomic E-state index is 4.16. The highest BCUT2D eigenvalue weighted by Crippen LogP contribution is 2.21. The molecular formula is C14H10IN3. The van der Waals surface area contributed by atoms with Crippen molar-refractivity contribution < 1.29 is 0 Å². The highest BCUT2D eigenvalue weighted by Gasteiger charge is 2.07. The van der Waals surface area contributed by atoms with Gasteiger partial charge >= 0.3 is 0 Å². The first-order valence-corrected chi connectivity index (χ1v) is 6.64. The van der Waals surface area contributed by atoms with Crippen molar-refractivity contribution in [2.24, 2.45) is 0 Å². The van der Waals surface area contributed by atoms with Crippen molar-refractivity contribution in [2.75, 3.05) is 0 Å². The van der Waals surface area contributed by atoms with Crippen molar-refractivity contribution in [1.29, 1.82) is 0 Å². The zero-order valence-corrected chi connectivity index (χ0v) is 11.7. The summed E-state index contributed by atoms with van der Waals surface area (Å²) < 4.78 is 3.06. The minimum Gasteiger partial charge on any atom is -0.213 e. The highest BCUT2D eigenvalue weighted by atomic mass is 127. The summed E-state index contributed by atoms with van der Waals surface area (Å²) in [4.78, 5) is 0. The maximum atomic E-state index is 4.16. The number of halogens is 1. The summed E-state index contributed by atoms with van der Waals surface area (Å²) in [7, 11) is 0. The van der Waals surface area contributed by atoms with E-state index in [-0.39, 0.29) is 0 Å². The molecule has 0 fully saturated rings. The van der Waals surface area contributed by atoms with E-state index in [9.17, 15) is 0 Å². The van der Waals surface area contributed by atoms with Gasteiger partial charge in [-0.3, -0.25) is 0 Å². The first-order valence-electron chi connectivity index (χ1n) is 5.57. The molecule has 3 nitrogen and oxygen atoms in total. The van der Waals surface area contributed by atoms with Crippen LogP contribution in [-0.2, 0) is 0 Å². The van der Waals surface area contributed by atoms with Gasteiger partial charge in [0.05, 0.1) is 17.6 Å². The van der Waals surface area contributed by atoms with Crippen molar-refractivity contribution in [3.8, 4) is 16.9 Å². The molecule has 4 heteroatoms. The molecule has 0 N–H and O–H groups in total. The summed E-state index contributed by atoms with van der Waals surface area (Å²) in [6, 6.07) is 18.4. The van der Waals surface area contributed by atoms with Crippen LogP contribution in [0.2, 0.25) is 0 Å². The third-order valence-electron chi connectivity index (χ3n) is 2.69. The number of benzene rings is 2. The van der Waals surface area contributed by atoms with Gasteiger partial charge in [-0.1, -0.05) is 35.5 Å². The average molecular weight is 347 g/mol. The quantitative estimate of drug-likeness (QED) is 0.664. The molecule has 2 aromatic carbocycles. The van der Waals surface area contributed by atoms with Gasteiger partial charge in [0.15, 0.2) is 0 Å². The van der Waals surface area contributed by atoms with Crippen LogP contribution in [0.3, 0.4) is 0 Å². The molecule has 0 bridgehead atoms. The lowest BCUT2D eigenvalue weighted by molar-refractivity contribution is 0.808. The van der Waals surface area contributed by atoms with Crippen LogP contribution >= 0.6 is 22.6 Å². The molecule has 0 atom stereocenters. The fourth-order valence-corrected chi connectivity index (χ4v) is 2.17. The minimum absolute atomic E-state index is 0.997. The van der Waals surface area contributed by atoms with Gasteiger partial charge < -0.3 is 0 Å². The second-order valence-electron chi connectivity index (χ2n) is 3.87. The molecule has 0 aliphatic rings. The van der Waals surface area contributed by atoms with Crippen LogP contribution < -0.4 is 0 Å². The fourth-order valence-electron chi connectivity index (χ4n) is 1.81. The minimum atomic E-state index is 0.997. The molecule has 18 heavy (non-hydrogen) atoms. The average Bonchev–Trinajstić information content (AvgIpc) is 2.90. The van der Waals surface area contributed by atoms with Gasteiger partial charge in [-0.05, 0) is 46.9 Å². The Kier molecular flexibility index (Phi) is 3.10. The van der Waals surface area contributed by atoms with Crippen molar-refractivity contribution >= 4 is 22.6 Å². The first kappa shape index (κ1) is 11.4. The monoisotopic (exact) mass is 347 g/mol. The lowest BCUT2D eigenvalue weighted by Gasteiger charge is -2.06.